The zero-order valence-corrected chi connectivity index (χ0v) is 13.7. The molecule has 0 aliphatic rings. The lowest BCUT2D eigenvalue weighted by Gasteiger charge is -2.08. The Morgan fingerprint density at radius 3 is 2.75 bits per heavy atom. The minimum Gasteiger partial charge on any atom is -0.458 e. The van der Waals surface area contributed by atoms with Crippen molar-refractivity contribution in [2.24, 2.45) is 0 Å². The average Bonchev–Trinajstić information content (AvgIpc) is 3.11. The summed E-state index contributed by atoms with van der Waals surface area (Å²) < 4.78 is 21.3. The summed E-state index contributed by atoms with van der Waals surface area (Å²) in [6, 6.07) is 16.0. The van der Waals surface area contributed by atoms with E-state index in [0.717, 1.165) is 16.8 Å². The Labute approximate surface area is 143 Å². The molecule has 0 unspecified atom stereocenters. The van der Waals surface area contributed by atoms with Crippen LogP contribution in [-0.2, 0) is 6.54 Å². The number of rotatable bonds is 3. The second-order valence-electron chi connectivity index (χ2n) is 5.69. The van der Waals surface area contributed by atoms with Crippen molar-refractivity contribution in [3.05, 3.63) is 76.8 Å². The summed E-state index contributed by atoms with van der Waals surface area (Å²) in [5.41, 5.74) is 2.48. The van der Waals surface area contributed by atoms with Crippen LogP contribution in [0.15, 0.2) is 59.0 Å². The fourth-order valence-corrected chi connectivity index (χ4v) is 3.04. The van der Waals surface area contributed by atoms with Crippen molar-refractivity contribution in [3.8, 4) is 11.6 Å². The smallest absolute Gasteiger partial charge is 0.177 e. The molecule has 0 fully saturated rings. The standard InChI is InChI=1S/C19H14ClFN2O/c1-12-5-8-18(24-12)19-22-16-10-15(21)6-7-17(16)23(19)11-13-3-2-4-14(20)9-13/h2-10H,11H2,1H3. The van der Waals surface area contributed by atoms with Crippen LogP contribution in [-0.4, -0.2) is 9.55 Å². The summed E-state index contributed by atoms with van der Waals surface area (Å²) in [4.78, 5) is 4.57. The quantitative estimate of drug-likeness (QED) is 0.497. The van der Waals surface area contributed by atoms with Crippen molar-refractivity contribution in [1.29, 1.82) is 0 Å². The van der Waals surface area contributed by atoms with E-state index in [4.69, 9.17) is 16.0 Å². The van der Waals surface area contributed by atoms with E-state index >= 15 is 0 Å². The summed E-state index contributed by atoms with van der Waals surface area (Å²) in [5, 5.41) is 0.679. The molecule has 2 aromatic heterocycles. The number of aryl methyl sites for hydroxylation is 1. The molecule has 120 valence electrons. The van der Waals surface area contributed by atoms with Gasteiger partial charge >= 0.3 is 0 Å². The second kappa shape index (κ2) is 5.80. The molecule has 0 amide bonds. The molecule has 4 rings (SSSR count). The Kier molecular flexibility index (Phi) is 3.62. The van der Waals surface area contributed by atoms with Crippen LogP contribution in [0, 0.1) is 12.7 Å². The summed E-state index contributed by atoms with van der Waals surface area (Å²) in [6.07, 6.45) is 0. The van der Waals surface area contributed by atoms with Gasteiger partial charge in [0.2, 0.25) is 0 Å². The van der Waals surface area contributed by atoms with E-state index in [2.05, 4.69) is 4.98 Å². The van der Waals surface area contributed by atoms with Crippen molar-refractivity contribution in [2.45, 2.75) is 13.5 Å². The maximum atomic E-state index is 13.6. The number of benzene rings is 2. The number of hydrogen-bond donors (Lipinski definition) is 0. The Morgan fingerprint density at radius 2 is 2.00 bits per heavy atom. The number of halogens is 2. The van der Waals surface area contributed by atoms with E-state index in [0.29, 0.717) is 28.7 Å². The van der Waals surface area contributed by atoms with Gasteiger partial charge in [-0.15, -0.1) is 0 Å². The van der Waals surface area contributed by atoms with Crippen LogP contribution < -0.4 is 0 Å². The maximum Gasteiger partial charge on any atom is 0.177 e. The number of imidazole rings is 1. The third kappa shape index (κ3) is 2.69. The van der Waals surface area contributed by atoms with Gasteiger partial charge in [-0.1, -0.05) is 23.7 Å². The molecule has 5 heteroatoms. The normalized spacial score (nSPS) is 11.3. The highest BCUT2D eigenvalue weighted by Crippen LogP contribution is 2.28. The molecule has 0 saturated heterocycles. The van der Waals surface area contributed by atoms with Gasteiger partial charge in [-0.25, -0.2) is 9.37 Å². The van der Waals surface area contributed by atoms with Crippen LogP contribution in [0.4, 0.5) is 4.39 Å². The lowest BCUT2D eigenvalue weighted by molar-refractivity contribution is 0.540. The highest BCUT2D eigenvalue weighted by molar-refractivity contribution is 6.30. The van der Waals surface area contributed by atoms with Crippen molar-refractivity contribution in [1.82, 2.24) is 9.55 Å². The number of nitrogens with zero attached hydrogens (tertiary/aromatic N) is 2. The van der Waals surface area contributed by atoms with Crippen LogP contribution >= 0.6 is 11.6 Å². The number of hydrogen-bond acceptors (Lipinski definition) is 2. The Hall–Kier alpha value is -2.59. The third-order valence-corrected chi connectivity index (χ3v) is 4.14. The van der Waals surface area contributed by atoms with Gasteiger partial charge in [-0.05, 0) is 48.9 Å². The van der Waals surface area contributed by atoms with E-state index in [1.807, 2.05) is 47.9 Å². The Bertz CT molecular complexity index is 1030. The molecule has 2 heterocycles. The number of aromatic nitrogens is 2. The molecule has 0 atom stereocenters. The molecule has 2 aromatic carbocycles. The fraction of sp³-hybridized carbons (Fsp3) is 0.105. The van der Waals surface area contributed by atoms with Crippen LogP contribution in [0.25, 0.3) is 22.6 Å². The lowest BCUT2D eigenvalue weighted by Crippen LogP contribution is -2.02. The molecule has 0 aliphatic heterocycles. The summed E-state index contributed by atoms with van der Waals surface area (Å²) >= 11 is 6.09. The first kappa shape index (κ1) is 15.0. The second-order valence-corrected chi connectivity index (χ2v) is 6.13. The summed E-state index contributed by atoms with van der Waals surface area (Å²) in [7, 11) is 0. The van der Waals surface area contributed by atoms with Gasteiger partial charge in [0.05, 0.1) is 11.0 Å². The number of furan rings is 1. The third-order valence-electron chi connectivity index (χ3n) is 3.90. The molecule has 0 radical (unpaired) electrons. The Balaban J connectivity index is 1.90. The molecular weight excluding hydrogens is 327 g/mol. The molecule has 4 aromatic rings. The molecule has 3 nitrogen and oxygen atoms in total. The largest absolute Gasteiger partial charge is 0.458 e. The molecule has 0 spiro atoms. The van der Waals surface area contributed by atoms with E-state index < -0.39 is 0 Å². The van der Waals surface area contributed by atoms with Crippen LogP contribution in [0.5, 0.6) is 0 Å². The van der Waals surface area contributed by atoms with Gasteiger partial charge in [0.25, 0.3) is 0 Å². The van der Waals surface area contributed by atoms with E-state index in [1.165, 1.54) is 12.1 Å². The minimum absolute atomic E-state index is 0.308. The molecule has 0 bridgehead atoms. The van der Waals surface area contributed by atoms with Gasteiger partial charge in [0.1, 0.15) is 11.6 Å². The fourth-order valence-electron chi connectivity index (χ4n) is 2.82. The number of fused-ring (bicyclic) bond motifs is 1. The highest BCUT2D eigenvalue weighted by atomic mass is 35.5. The molecule has 0 N–H and O–H groups in total. The zero-order chi connectivity index (χ0) is 16.7. The molecule has 0 saturated carbocycles. The van der Waals surface area contributed by atoms with Gasteiger partial charge in [0.15, 0.2) is 11.6 Å². The molecule has 24 heavy (non-hydrogen) atoms. The van der Waals surface area contributed by atoms with Crippen LogP contribution in [0.1, 0.15) is 11.3 Å². The van der Waals surface area contributed by atoms with Gasteiger partial charge in [-0.3, -0.25) is 0 Å². The van der Waals surface area contributed by atoms with Gasteiger partial charge in [0, 0.05) is 17.6 Å². The average molecular weight is 341 g/mol. The molecule has 0 aliphatic carbocycles. The lowest BCUT2D eigenvalue weighted by atomic mass is 10.2. The van der Waals surface area contributed by atoms with Gasteiger partial charge < -0.3 is 8.98 Å². The summed E-state index contributed by atoms with van der Waals surface area (Å²) in [5.74, 6) is 1.82. The SMILES string of the molecule is Cc1ccc(-c2nc3cc(F)ccc3n2Cc2cccc(Cl)c2)o1. The topological polar surface area (TPSA) is 31.0 Å². The van der Waals surface area contributed by atoms with Crippen LogP contribution in [0.3, 0.4) is 0 Å². The zero-order valence-electron chi connectivity index (χ0n) is 13.0. The van der Waals surface area contributed by atoms with Gasteiger partial charge in [-0.2, -0.15) is 0 Å². The monoisotopic (exact) mass is 340 g/mol. The van der Waals surface area contributed by atoms with Crippen LogP contribution in [0.2, 0.25) is 5.02 Å². The van der Waals surface area contributed by atoms with Crippen molar-refractivity contribution >= 4 is 22.6 Å². The first-order valence-corrected chi connectivity index (χ1v) is 7.95. The van der Waals surface area contributed by atoms with E-state index in [9.17, 15) is 4.39 Å². The first-order valence-electron chi connectivity index (χ1n) is 7.57. The van der Waals surface area contributed by atoms with Crippen molar-refractivity contribution < 1.29 is 8.81 Å². The van der Waals surface area contributed by atoms with Crippen molar-refractivity contribution in [2.75, 3.05) is 0 Å². The predicted molar refractivity (Wildman–Crippen MR) is 92.7 cm³/mol. The summed E-state index contributed by atoms with van der Waals surface area (Å²) in [6.45, 7) is 2.45. The van der Waals surface area contributed by atoms with E-state index in [1.54, 1.807) is 6.07 Å². The van der Waals surface area contributed by atoms with Crippen molar-refractivity contribution in [3.63, 3.8) is 0 Å². The Morgan fingerprint density at radius 1 is 1.12 bits per heavy atom. The minimum atomic E-state index is -0.308. The van der Waals surface area contributed by atoms with E-state index in [-0.39, 0.29) is 5.82 Å². The maximum absolute atomic E-state index is 13.6. The predicted octanol–water partition coefficient (Wildman–Crippen LogP) is 5.45. The molecular formula is C19H14ClFN2O. The first-order chi connectivity index (χ1) is 11.6. The highest BCUT2D eigenvalue weighted by Gasteiger charge is 2.16.